The number of hydrogen-bond donors (Lipinski definition) is 2. The maximum absolute atomic E-state index is 12.6. The molecule has 2 amide bonds. The summed E-state index contributed by atoms with van der Waals surface area (Å²) < 4.78 is 5.08. The Morgan fingerprint density at radius 1 is 1.24 bits per heavy atom. The zero-order valence-electron chi connectivity index (χ0n) is 13.7. The Hall–Kier alpha value is -2.60. The first-order valence-electron chi connectivity index (χ1n) is 7.88. The fourth-order valence-electron chi connectivity index (χ4n) is 2.52. The van der Waals surface area contributed by atoms with Crippen LogP contribution in [0.4, 0.5) is 5.69 Å². The van der Waals surface area contributed by atoms with E-state index >= 15 is 0 Å². The number of anilines is 1. The number of nitrogens with zero attached hydrogens (tertiary/aromatic N) is 1. The number of benzene rings is 1. The normalized spacial score (nSPS) is 14.5. The predicted molar refractivity (Wildman–Crippen MR) is 94.4 cm³/mol. The number of hydrogen-bond acceptors (Lipinski definition) is 4. The van der Waals surface area contributed by atoms with Crippen molar-refractivity contribution in [3.63, 3.8) is 0 Å². The number of nitrogens with one attached hydrogen (secondary N) is 2. The minimum Gasteiger partial charge on any atom is -0.495 e. The number of carbonyl (C=O) groups excluding carboxylic acids is 2. The Labute approximate surface area is 150 Å². The van der Waals surface area contributed by atoms with Crippen LogP contribution in [0, 0.1) is 5.41 Å². The van der Waals surface area contributed by atoms with Crippen molar-refractivity contribution in [3.05, 3.63) is 53.3 Å². The fraction of sp³-hybridized carbons (Fsp3) is 0.278. The van der Waals surface area contributed by atoms with E-state index in [9.17, 15) is 9.59 Å². The molecule has 0 aliphatic heterocycles. The monoisotopic (exact) mass is 359 g/mol. The smallest absolute Gasteiger partial charge is 0.240 e. The van der Waals surface area contributed by atoms with Crippen LogP contribution in [0.3, 0.4) is 0 Å². The number of carbonyl (C=O) groups is 2. The van der Waals surface area contributed by atoms with E-state index in [4.69, 9.17) is 16.3 Å². The van der Waals surface area contributed by atoms with Crippen LogP contribution in [0.25, 0.3) is 0 Å². The fourth-order valence-corrected chi connectivity index (χ4v) is 2.78. The van der Waals surface area contributed by atoms with Crippen LogP contribution in [-0.4, -0.2) is 23.9 Å². The minimum absolute atomic E-state index is 0.282. The predicted octanol–water partition coefficient (Wildman–Crippen LogP) is 2.78. The van der Waals surface area contributed by atoms with Crippen LogP contribution < -0.4 is 15.4 Å². The Morgan fingerprint density at radius 3 is 2.64 bits per heavy atom. The van der Waals surface area contributed by atoms with Gasteiger partial charge in [0.15, 0.2) is 0 Å². The maximum atomic E-state index is 12.6. The van der Waals surface area contributed by atoms with Gasteiger partial charge in [-0.1, -0.05) is 17.7 Å². The second-order valence-corrected chi connectivity index (χ2v) is 6.30. The van der Waals surface area contributed by atoms with Gasteiger partial charge in [-0.05, 0) is 43.2 Å². The molecule has 0 unspecified atom stereocenters. The second kappa shape index (κ2) is 7.11. The van der Waals surface area contributed by atoms with Gasteiger partial charge in [0.1, 0.15) is 11.2 Å². The Morgan fingerprint density at radius 2 is 2.04 bits per heavy atom. The van der Waals surface area contributed by atoms with E-state index in [0.717, 1.165) is 5.69 Å². The Kier molecular flexibility index (Phi) is 4.90. The number of aromatic nitrogens is 1. The van der Waals surface area contributed by atoms with Crippen LogP contribution >= 0.6 is 11.6 Å². The lowest BCUT2D eigenvalue weighted by Gasteiger charge is -2.16. The molecule has 1 saturated carbocycles. The molecular weight excluding hydrogens is 342 g/mol. The highest BCUT2D eigenvalue weighted by Gasteiger charge is 2.56. The van der Waals surface area contributed by atoms with E-state index in [2.05, 4.69) is 15.6 Å². The van der Waals surface area contributed by atoms with Crippen LogP contribution in [0.15, 0.2) is 42.6 Å². The zero-order chi connectivity index (χ0) is 17.9. The van der Waals surface area contributed by atoms with Gasteiger partial charge in [0.25, 0.3) is 0 Å². The third-order valence-corrected chi connectivity index (χ3v) is 4.48. The Bertz CT molecular complexity index is 791. The number of ether oxygens (including phenoxy) is 1. The number of amides is 2. The van der Waals surface area contributed by atoms with Crippen molar-refractivity contribution in [1.29, 1.82) is 0 Å². The van der Waals surface area contributed by atoms with E-state index in [1.165, 1.54) is 7.11 Å². The summed E-state index contributed by atoms with van der Waals surface area (Å²) in [6.07, 6.45) is 2.71. The van der Waals surface area contributed by atoms with Gasteiger partial charge in [-0.3, -0.25) is 14.6 Å². The van der Waals surface area contributed by atoms with E-state index in [1.807, 2.05) is 12.1 Å². The molecule has 0 saturated heterocycles. The number of pyridine rings is 1. The van der Waals surface area contributed by atoms with Crippen molar-refractivity contribution in [1.82, 2.24) is 10.3 Å². The number of halogens is 1. The molecule has 130 valence electrons. The highest BCUT2D eigenvalue weighted by atomic mass is 35.5. The Balaban J connectivity index is 1.62. The lowest BCUT2D eigenvalue weighted by atomic mass is 10.0. The molecule has 2 N–H and O–H groups in total. The van der Waals surface area contributed by atoms with Crippen LogP contribution in [-0.2, 0) is 16.1 Å². The van der Waals surface area contributed by atoms with Gasteiger partial charge in [-0.15, -0.1) is 0 Å². The summed E-state index contributed by atoms with van der Waals surface area (Å²) in [6, 6.07) is 10.4. The third kappa shape index (κ3) is 3.74. The number of methoxy groups -OCH3 is 1. The average Bonchev–Trinajstić information content (AvgIpc) is 3.43. The molecule has 0 atom stereocenters. The van der Waals surface area contributed by atoms with Gasteiger partial charge in [-0.25, -0.2) is 0 Å². The first-order chi connectivity index (χ1) is 12.0. The highest BCUT2D eigenvalue weighted by molar-refractivity contribution is 6.32. The van der Waals surface area contributed by atoms with Crippen LogP contribution in [0.5, 0.6) is 5.75 Å². The zero-order valence-corrected chi connectivity index (χ0v) is 14.5. The first kappa shape index (κ1) is 17.2. The SMILES string of the molecule is COc1ccc(NC(=O)C2(C(=O)NCc3ccccn3)CC2)cc1Cl. The summed E-state index contributed by atoms with van der Waals surface area (Å²) >= 11 is 6.06. The van der Waals surface area contributed by atoms with Crippen molar-refractivity contribution < 1.29 is 14.3 Å². The van der Waals surface area contributed by atoms with E-state index in [0.29, 0.717) is 35.8 Å². The number of rotatable bonds is 6. The molecule has 0 radical (unpaired) electrons. The van der Waals surface area contributed by atoms with Crippen LogP contribution in [0.1, 0.15) is 18.5 Å². The lowest BCUT2D eigenvalue weighted by Crippen LogP contribution is -2.39. The third-order valence-electron chi connectivity index (χ3n) is 4.19. The second-order valence-electron chi connectivity index (χ2n) is 5.89. The van der Waals surface area contributed by atoms with Gasteiger partial charge < -0.3 is 15.4 Å². The molecule has 25 heavy (non-hydrogen) atoms. The van der Waals surface area contributed by atoms with E-state index in [-0.39, 0.29) is 11.8 Å². The molecule has 1 aliphatic rings. The molecule has 1 heterocycles. The van der Waals surface area contributed by atoms with Gasteiger partial charge in [0, 0.05) is 11.9 Å². The van der Waals surface area contributed by atoms with E-state index < -0.39 is 5.41 Å². The van der Waals surface area contributed by atoms with Crippen LogP contribution in [0.2, 0.25) is 5.02 Å². The largest absolute Gasteiger partial charge is 0.495 e. The summed E-state index contributed by atoms with van der Waals surface area (Å²) in [6.45, 7) is 0.295. The quantitative estimate of drug-likeness (QED) is 0.777. The van der Waals surface area contributed by atoms with Gasteiger partial charge in [0.05, 0.1) is 24.4 Å². The maximum Gasteiger partial charge on any atom is 0.240 e. The van der Waals surface area contributed by atoms with Crippen molar-refractivity contribution in [3.8, 4) is 5.75 Å². The minimum atomic E-state index is -1.01. The molecule has 6 nitrogen and oxygen atoms in total. The molecule has 0 spiro atoms. The molecule has 0 bridgehead atoms. The summed E-state index contributed by atoms with van der Waals surface area (Å²) in [4.78, 5) is 29.2. The van der Waals surface area contributed by atoms with Gasteiger partial charge >= 0.3 is 0 Å². The first-order valence-corrected chi connectivity index (χ1v) is 8.26. The van der Waals surface area contributed by atoms with Crippen molar-refractivity contribution in [2.24, 2.45) is 5.41 Å². The highest BCUT2D eigenvalue weighted by Crippen LogP contribution is 2.47. The molecule has 2 aromatic rings. The van der Waals surface area contributed by atoms with Gasteiger partial charge in [0.2, 0.25) is 11.8 Å². The summed E-state index contributed by atoms with van der Waals surface area (Å²) in [7, 11) is 1.52. The van der Waals surface area contributed by atoms with Crippen molar-refractivity contribution >= 4 is 29.1 Å². The summed E-state index contributed by atoms with van der Waals surface area (Å²) in [5.74, 6) is -0.0866. The molecule has 1 aliphatic carbocycles. The molecule has 7 heteroatoms. The van der Waals surface area contributed by atoms with Crippen molar-refractivity contribution in [2.75, 3.05) is 12.4 Å². The van der Waals surface area contributed by atoms with Crippen molar-refractivity contribution in [2.45, 2.75) is 19.4 Å². The molecule has 1 fully saturated rings. The summed E-state index contributed by atoms with van der Waals surface area (Å²) in [5.41, 5.74) is 0.259. The van der Waals surface area contributed by atoms with Gasteiger partial charge in [-0.2, -0.15) is 0 Å². The summed E-state index contributed by atoms with van der Waals surface area (Å²) in [5, 5.41) is 5.94. The average molecular weight is 360 g/mol. The molecule has 1 aromatic carbocycles. The topological polar surface area (TPSA) is 80.3 Å². The standard InChI is InChI=1S/C18H18ClN3O3/c1-25-15-6-5-12(10-14(15)19)22-17(24)18(7-8-18)16(23)21-11-13-4-2-3-9-20-13/h2-6,9-10H,7-8,11H2,1H3,(H,21,23)(H,22,24). The molecular formula is C18H18ClN3O3. The molecule has 3 rings (SSSR count). The van der Waals surface area contributed by atoms with E-state index in [1.54, 1.807) is 30.5 Å². The lowest BCUT2D eigenvalue weighted by molar-refractivity contribution is -0.134. The molecule has 1 aromatic heterocycles.